The van der Waals surface area contributed by atoms with Crippen LogP contribution in [0.25, 0.3) is 0 Å². The molecule has 0 spiro atoms. The first-order valence-corrected chi connectivity index (χ1v) is 6.54. The summed E-state index contributed by atoms with van der Waals surface area (Å²) in [6.07, 6.45) is 1.79. The van der Waals surface area contributed by atoms with Gasteiger partial charge in [-0.3, -0.25) is 0 Å². The van der Waals surface area contributed by atoms with Crippen molar-refractivity contribution in [3.05, 3.63) is 46.4 Å². The Morgan fingerprint density at radius 1 is 1.27 bits per heavy atom. The fraction of sp³-hybridized carbons (Fsp3) is 0.182. The summed E-state index contributed by atoms with van der Waals surface area (Å²) in [5.74, 6) is 0.884. The normalized spacial score (nSPS) is 10.2. The van der Waals surface area contributed by atoms with E-state index in [2.05, 4.69) is 20.9 Å². The number of benzene rings is 1. The lowest BCUT2D eigenvalue weighted by Crippen LogP contribution is -1.94. The summed E-state index contributed by atoms with van der Waals surface area (Å²) < 4.78 is 5.58. The Bertz CT molecular complexity index is 399. The second-order valence-corrected chi connectivity index (χ2v) is 4.53. The fourth-order valence-electron chi connectivity index (χ4n) is 1.14. The predicted molar refractivity (Wildman–Crippen MR) is 65.5 cm³/mol. The maximum atomic E-state index is 5.58. The van der Waals surface area contributed by atoms with Gasteiger partial charge in [-0.2, -0.15) is 0 Å². The van der Waals surface area contributed by atoms with Gasteiger partial charge in [-0.05, 0) is 17.7 Å². The van der Waals surface area contributed by atoms with Crippen LogP contribution < -0.4 is 4.74 Å². The van der Waals surface area contributed by atoms with E-state index in [0.29, 0.717) is 6.61 Å². The van der Waals surface area contributed by atoms with Crippen LogP contribution >= 0.6 is 27.3 Å². The quantitative estimate of drug-likeness (QED) is 0.800. The van der Waals surface area contributed by atoms with Crippen LogP contribution in [0, 0.1) is 0 Å². The lowest BCUT2D eigenvalue weighted by molar-refractivity contribution is 0.305. The molecule has 1 aromatic heterocycles. The zero-order chi connectivity index (χ0) is 10.5. The molecule has 2 rings (SSSR count). The van der Waals surface area contributed by atoms with E-state index in [4.69, 9.17) is 4.74 Å². The van der Waals surface area contributed by atoms with E-state index in [0.717, 1.165) is 16.1 Å². The zero-order valence-corrected chi connectivity index (χ0v) is 10.4. The summed E-state index contributed by atoms with van der Waals surface area (Å²) in [7, 11) is 0. The molecule has 4 heteroatoms. The first-order chi connectivity index (χ1) is 7.38. The summed E-state index contributed by atoms with van der Waals surface area (Å²) in [5.41, 5.74) is 1.25. The van der Waals surface area contributed by atoms with Crippen molar-refractivity contribution in [2.24, 2.45) is 0 Å². The number of hydrogen-bond donors (Lipinski definition) is 0. The van der Waals surface area contributed by atoms with Gasteiger partial charge in [0.25, 0.3) is 0 Å². The number of rotatable bonds is 4. The van der Waals surface area contributed by atoms with Gasteiger partial charge in [-0.25, -0.2) is 4.98 Å². The van der Waals surface area contributed by atoms with E-state index in [-0.39, 0.29) is 0 Å². The highest BCUT2D eigenvalue weighted by Crippen LogP contribution is 2.16. The molecule has 0 fully saturated rings. The number of ether oxygens (including phenoxy) is 1. The van der Waals surface area contributed by atoms with E-state index in [1.54, 1.807) is 17.5 Å². The highest BCUT2D eigenvalue weighted by atomic mass is 79.9. The first-order valence-electron chi connectivity index (χ1n) is 4.54. The molecule has 0 unspecified atom stereocenters. The van der Waals surface area contributed by atoms with E-state index < -0.39 is 0 Å². The monoisotopic (exact) mass is 283 g/mol. The molecule has 1 aromatic carbocycles. The molecule has 0 aliphatic heterocycles. The topological polar surface area (TPSA) is 22.1 Å². The molecular formula is C11H10BrNOS. The molecule has 0 atom stereocenters. The number of alkyl halides is 1. The van der Waals surface area contributed by atoms with E-state index in [1.807, 2.05) is 29.6 Å². The van der Waals surface area contributed by atoms with Crippen LogP contribution in [-0.4, -0.2) is 4.98 Å². The molecule has 0 amide bonds. The number of nitrogens with zero attached hydrogens (tertiary/aromatic N) is 1. The average Bonchev–Trinajstić information content (AvgIpc) is 2.80. The molecule has 0 saturated carbocycles. The van der Waals surface area contributed by atoms with Crippen LogP contribution in [0.4, 0.5) is 0 Å². The van der Waals surface area contributed by atoms with Crippen molar-refractivity contribution in [2.75, 3.05) is 0 Å². The summed E-state index contributed by atoms with van der Waals surface area (Å²) in [4.78, 5) is 4.15. The van der Waals surface area contributed by atoms with Gasteiger partial charge >= 0.3 is 0 Å². The second kappa shape index (κ2) is 5.28. The standard InChI is InChI=1S/C11H10BrNOS/c12-7-9-1-3-10(4-2-9)14-8-11-13-5-6-15-11/h1-6H,7-8H2. The van der Waals surface area contributed by atoms with Gasteiger partial charge in [0.2, 0.25) is 0 Å². The molecule has 2 nitrogen and oxygen atoms in total. The van der Waals surface area contributed by atoms with Gasteiger partial charge in [0.15, 0.2) is 0 Å². The summed E-state index contributed by atoms with van der Waals surface area (Å²) >= 11 is 5.01. The van der Waals surface area contributed by atoms with Gasteiger partial charge in [0.1, 0.15) is 17.4 Å². The number of halogens is 1. The van der Waals surface area contributed by atoms with Gasteiger partial charge in [0.05, 0.1) is 0 Å². The molecule has 1 heterocycles. The third kappa shape index (κ3) is 3.04. The molecule has 0 radical (unpaired) electrons. The van der Waals surface area contributed by atoms with Crippen LogP contribution in [0.1, 0.15) is 10.6 Å². The summed E-state index contributed by atoms with van der Waals surface area (Å²) in [6.45, 7) is 0.547. The summed E-state index contributed by atoms with van der Waals surface area (Å²) in [6, 6.07) is 8.05. The number of thiazole rings is 1. The minimum absolute atomic E-state index is 0.547. The van der Waals surface area contributed by atoms with Gasteiger partial charge in [-0.15, -0.1) is 11.3 Å². The van der Waals surface area contributed by atoms with Crippen LogP contribution in [0.5, 0.6) is 5.75 Å². The average molecular weight is 284 g/mol. The highest BCUT2D eigenvalue weighted by molar-refractivity contribution is 9.08. The third-order valence-corrected chi connectivity index (χ3v) is 3.32. The van der Waals surface area contributed by atoms with Crippen molar-refractivity contribution in [3.63, 3.8) is 0 Å². The Labute approximate surface area is 101 Å². The lowest BCUT2D eigenvalue weighted by atomic mass is 10.2. The van der Waals surface area contributed by atoms with E-state index in [9.17, 15) is 0 Å². The molecule has 78 valence electrons. The second-order valence-electron chi connectivity index (χ2n) is 2.99. The van der Waals surface area contributed by atoms with Gasteiger partial charge < -0.3 is 4.74 Å². The van der Waals surface area contributed by atoms with Crippen molar-refractivity contribution >= 4 is 27.3 Å². The largest absolute Gasteiger partial charge is 0.486 e. The number of hydrogen-bond acceptors (Lipinski definition) is 3. The van der Waals surface area contributed by atoms with Gasteiger partial charge in [0, 0.05) is 16.9 Å². The first kappa shape index (κ1) is 10.6. The predicted octanol–water partition coefficient (Wildman–Crippen LogP) is 3.62. The maximum absolute atomic E-state index is 5.58. The Morgan fingerprint density at radius 2 is 2.07 bits per heavy atom. The van der Waals surface area contributed by atoms with Crippen LogP contribution in [0.2, 0.25) is 0 Å². The Kier molecular flexibility index (Phi) is 3.75. The van der Waals surface area contributed by atoms with Crippen LogP contribution in [0.15, 0.2) is 35.8 Å². The highest BCUT2D eigenvalue weighted by Gasteiger charge is 1.97. The summed E-state index contributed by atoms with van der Waals surface area (Å²) in [5, 5.41) is 3.83. The molecule has 0 bridgehead atoms. The molecular weight excluding hydrogens is 274 g/mol. The van der Waals surface area contributed by atoms with E-state index in [1.165, 1.54) is 5.56 Å². The molecule has 0 aliphatic rings. The van der Waals surface area contributed by atoms with Crippen LogP contribution in [0.3, 0.4) is 0 Å². The molecule has 0 saturated heterocycles. The molecule has 15 heavy (non-hydrogen) atoms. The fourth-order valence-corrected chi connectivity index (χ4v) is 2.05. The zero-order valence-electron chi connectivity index (χ0n) is 8.02. The number of aromatic nitrogens is 1. The lowest BCUT2D eigenvalue weighted by Gasteiger charge is -2.04. The Morgan fingerprint density at radius 3 is 2.67 bits per heavy atom. The van der Waals surface area contributed by atoms with E-state index >= 15 is 0 Å². The van der Waals surface area contributed by atoms with Crippen molar-refractivity contribution < 1.29 is 4.74 Å². The maximum Gasteiger partial charge on any atom is 0.140 e. The van der Waals surface area contributed by atoms with Gasteiger partial charge in [-0.1, -0.05) is 28.1 Å². The molecule has 0 aliphatic carbocycles. The Hall–Kier alpha value is -0.870. The SMILES string of the molecule is BrCc1ccc(OCc2nccs2)cc1. The van der Waals surface area contributed by atoms with Crippen molar-refractivity contribution in [1.29, 1.82) is 0 Å². The minimum atomic E-state index is 0.547. The smallest absolute Gasteiger partial charge is 0.140 e. The molecule has 0 N–H and O–H groups in total. The van der Waals surface area contributed by atoms with Crippen molar-refractivity contribution in [1.82, 2.24) is 4.98 Å². The minimum Gasteiger partial charge on any atom is -0.486 e. The molecule has 2 aromatic rings. The van der Waals surface area contributed by atoms with Crippen molar-refractivity contribution in [2.45, 2.75) is 11.9 Å². The Balaban J connectivity index is 1.93. The third-order valence-electron chi connectivity index (χ3n) is 1.92. The van der Waals surface area contributed by atoms with Crippen molar-refractivity contribution in [3.8, 4) is 5.75 Å². The van der Waals surface area contributed by atoms with Crippen LogP contribution in [-0.2, 0) is 11.9 Å².